The molecule has 4 N–H and O–H groups in total. The van der Waals surface area contributed by atoms with Crippen molar-refractivity contribution in [2.45, 2.75) is 82.5 Å². The zero-order chi connectivity index (χ0) is 23.4. The van der Waals surface area contributed by atoms with Crippen LogP contribution in [0.2, 0.25) is 0 Å². The van der Waals surface area contributed by atoms with Gasteiger partial charge in [-0.05, 0) is 56.7 Å². The zero-order valence-corrected chi connectivity index (χ0v) is 19.8. The quantitative estimate of drug-likeness (QED) is 0.493. The van der Waals surface area contributed by atoms with E-state index in [0.29, 0.717) is 25.8 Å². The highest BCUT2D eigenvalue weighted by molar-refractivity contribution is 5.90. The van der Waals surface area contributed by atoms with Crippen molar-refractivity contribution in [2.24, 2.45) is 5.92 Å². The Labute approximate surface area is 196 Å². The fraction of sp³-hybridized carbons (Fsp3) is 0.615. The lowest BCUT2D eigenvalue weighted by Crippen LogP contribution is -2.57. The van der Waals surface area contributed by atoms with Gasteiger partial charge >= 0.3 is 0 Å². The summed E-state index contributed by atoms with van der Waals surface area (Å²) in [6, 6.07) is 6.98. The predicted molar refractivity (Wildman–Crippen MR) is 130 cm³/mol. The maximum absolute atomic E-state index is 13.9. The Morgan fingerprint density at radius 3 is 2.67 bits per heavy atom. The molecule has 180 valence electrons. The molecule has 2 aliphatic rings. The van der Waals surface area contributed by atoms with Crippen LogP contribution in [-0.2, 0) is 16.0 Å². The molecule has 1 saturated heterocycles. The second-order valence-electron chi connectivity index (χ2n) is 9.65. The molecule has 1 unspecified atom stereocenters. The van der Waals surface area contributed by atoms with Gasteiger partial charge in [0.2, 0.25) is 11.8 Å². The summed E-state index contributed by atoms with van der Waals surface area (Å²) in [6.45, 7) is 2.49. The predicted octanol–water partition coefficient (Wildman–Crippen LogP) is 2.74. The normalized spacial score (nSPS) is 23.5. The first-order valence-corrected chi connectivity index (χ1v) is 12.5. The van der Waals surface area contributed by atoms with Crippen molar-refractivity contribution in [3.63, 3.8) is 0 Å². The van der Waals surface area contributed by atoms with E-state index in [0.717, 1.165) is 42.1 Å². The molecular weight excluding hydrogens is 416 g/mol. The van der Waals surface area contributed by atoms with E-state index in [9.17, 15) is 14.7 Å². The molecule has 1 aliphatic carbocycles. The summed E-state index contributed by atoms with van der Waals surface area (Å²) in [5.41, 5.74) is 2.16. The standard InChI is InChI=1S/C26H38N4O3/c1-3-20(27-2)25(32)29-24(17-9-5-4-6-10-17)26(33)30-14-13-23(31)22(30)15-18-16-28-21-12-8-7-11-19(18)21/h7-8,11-12,16-17,20,22-24,27-28,31H,3-6,9-10,13-15H2,1-2H3,(H,29,32)/t20-,22-,23?,24-/m0/s1. The van der Waals surface area contributed by atoms with E-state index in [2.05, 4.69) is 21.7 Å². The molecule has 1 saturated carbocycles. The van der Waals surface area contributed by atoms with E-state index in [1.54, 1.807) is 7.05 Å². The van der Waals surface area contributed by atoms with E-state index < -0.39 is 12.1 Å². The van der Waals surface area contributed by atoms with Gasteiger partial charge < -0.3 is 25.6 Å². The van der Waals surface area contributed by atoms with Crippen LogP contribution in [0.25, 0.3) is 10.9 Å². The average Bonchev–Trinajstić information content (AvgIpc) is 3.42. The third-order valence-electron chi connectivity index (χ3n) is 7.66. The van der Waals surface area contributed by atoms with Crippen LogP contribution in [-0.4, -0.2) is 64.6 Å². The summed E-state index contributed by atoms with van der Waals surface area (Å²) >= 11 is 0. The Hall–Kier alpha value is -2.38. The lowest BCUT2D eigenvalue weighted by atomic mass is 9.83. The van der Waals surface area contributed by atoms with Gasteiger partial charge in [0.15, 0.2) is 0 Å². The Bertz CT molecular complexity index is 948. The molecule has 2 aromatic rings. The number of H-pyrrole nitrogens is 1. The van der Waals surface area contributed by atoms with E-state index in [1.807, 2.05) is 36.2 Å². The molecule has 1 aliphatic heterocycles. The molecule has 2 fully saturated rings. The van der Waals surface area contributed by atoms with Crippen molar-refractivity contribution in [1.82, 2.24) is 20.5 Å². The van der Waals surface area contributed by atoms with Crippen molar-refractivity contribution in [1.29, 1.82) is 0 Å². The SMILES string of the molecule is CC[C@H](NC)C(=O)N[C@H](C(=O)N1CCC(O)[C@@H]1Cc1c[nH]c2ccccc12)C1CCCCC1. The minimum Gasteiger partial charge on any atom is -0.391 e. The van der Waals surface area contributed by atoms with E-state index in [1.165, 1.54) is 6.42 Å². The molecule has 1 aromatic heterocycles. The van der Waals surface area contributed by atoms with Crippen molar-refractivity contribution in [2.75, 3.05) is 13.6 Å². The van der Waals surface area contributed by atoms with E-state index in [-0.39, 0.29) is 29.8 Å². The summed E-state index contributed by atoms with van der Waals surface area (Å²) in [5, 5.41) is 18.1. The van der Waals surface area contributed by atoms with Gasteiger partial charge in [0.25, 0.3) is 0 Å². The smallest absolute Gasteiger partial charge is 0.245 e. The minimum atomic E-state index is -0.564. The maximum atomic E-state index is 13.9. The number of nitrogens with one attached hydrogen (secondary N) is 3. The number of carbonyl (C=O) groups excluding carboxylic acids is 2. The molecule has 7 heteroatoms. The molecule has 4 rings (SSSR count). The van der Waals surface area contributed by atoms with Gasteiger partial charge in [-0.3, -0.25) is 9.59 Å². The number of carbonyl (C=O) groups is 2. The van der Waals surface area contributed by atoms with Crippen LogP contribution < -0.4 is 10.6 Å². The molecule has 0 bridgehead atoms. The van der Waals surface area contributed by atoms with Gasteiger partial charge in [-0.25, -0.2) is 0 Å². The Morgan fingerprint density at radius 1 is 1.18 bits per heavy atom. The highest BCUT2D eigenvalue weighted by atomic mass is 16.3. The van der Waals surface area contributed by atoms with Gasteiger partial charge in [0, 0.05) is 23.6 Å². The number of para-hydroxylation sites is 1. The fourth-order valence-electron chi connectivity index (χ4n) is 5.68. The number of amides is 2. The van der Waals surface area contributed by atoms with E-state index in [4.69, 9.17) is 0 Å². The molecule has 4 atom stereocenters. The summed E-state index contributed by atoms with van der Waals surface area (Å²) in [4.78, 5) is 32.0. The number of aromatic amines is 1. The molecule has 2 heterocycles. The van der Waals surface area contributed by atoms with Crippen LogP contribution in [0.5, 0.6) is 0 Å². The number of hydrogen-bond acceptors (Lipinski definition) is 4. The van der Waals surface area contributed by atoms with Crippen LogP contribution in [0, 0.1) is 5.92 Å². The van der Waals surface area contributed by atoms with Gasteiger partial charge in [0.1, 0.15) is 6.04 Å². The second kappa shape index (κ2) is 10.7. The first-order valence-electron chi connectivity index (χ1n) is 12.5. The van der Waals surface area contributed by atoms with Gasteiger partial charge in [-0.15, -0.1) is 0 Å². The minimum absolute atomic E-state index is 0.0393. The maximum Gasteiger partial charge on any atom is 0.245 e. The number of fused-ring (bicyclic) bond motifs is 1. The van der Waals surface area contributed by atoms with Gasteiger partial charge in [-0.1, -0.05) is 44.4 Å². The van der Waals surface area contributed by atoms with Crippen LogP contribution in [0.4, 0.5) is 0 Å². The number of nitrogens with zero attached hydrogens (tertiary/aromatic N) is 1. The van der Waals surface area contributed by atoms with Crippen LogP contribution in [0.3, 0.4) is 0 Å². The van der Waals surface area contributed by atoms with Crippen LogP contribution in [0.15, 0.2) is 30.5 Å². The van der Waals surface area contributed by atoms with Gasteiger partial charge in [-0.2, -0.15) is 0 Å². The summed E-state index contributed by atoms with van der Waals surface area (Å²) in [5.74, 6) is -0.00418. The van der Waals surface area contributed by atoms with E-state index >= 15 is 0 Å². The largest absolute Gasteiger partial charge is 0.391 e. The number of hydrogen-bond donors (Lipinski definition) is 4. The molecule has 7 nitrogen and oxygen atoms in total. The first-order chi connectivity index (χ1) is 16.0. The second-order valence-corrected chi connectivity index (χ2v) is 9.65. The number of likely N-dealkylation sites (N-methyl/N-ethyl adjacent to an activating group) is 1. The fourth-order valence-corrected chi connectivity index (χ4v) is 5.68. The third-order valence-corrected chi connectivity index (χ3v) is 7.66. The number of benzene rings is 1. The molecule has 0 spiro atoms. The Balaban J connectivity index is 1.56. The Kier molecular flexibility index (Phi) is 7.71. The number of aliphatic hydroxyl groups excluding tert-OH is 1. The van der Waals surface area contributed by atoms with Crippen LogP contribution in [0.1, 0.15) is 57.4 Å². The topological polar surface area (TPSA) is 97.5 Å². The van der Waals surface area contributed by atoms with Crippen molar-refractivity contribution < 1.29 is 14.7 Å². The van der Waals surface area contributed by atoms with Gasteiger partial charge in [0.05, 0.1) is 18.2 Å². The molecule has 1 aromatic carbocycles. The Morgan fingerprint density at radius 2 is 1.94 bits per heavy atom. The van der Waals surface area contributed by atoms with Crippen molar-refractivity contribution in [3.05, 3.63) is 36.0 Å². The monoisotopic (exact) mass is 454 g/mol. The summed E-state index contributed by atoms with van der Waals surface area (Å²) in [7, 11) is 1.78. The van der Waals surface area contributed by atoms with Crippen LogP contribution >= 0.6 is 0 Å². The number of aliphatic hydroxyl groups is 1. The molecule has 33 heavy (non-hydrogen) atoms. The zero-order valence-electron chi connectivity index (χ0n) is 19.8. The lowest BCUT2D eigenvalue weighted by Gasteiger charge is -2.36. The number of rotatable bonds is 8. The number of aromatic nitrogens is 1. The number of likely N-dealkylation sites (tertiary alicyclic amines) is 1. The van der Waals surface area contributed by atoms with Crippen molar-refractivity contribution >= 4 is 22.7 Å². The first kappa shape index (κ1) is 23.8. The highest BCUT2D eigenvalue weighted by Crippen LogP contribution is 2.31. The average molecular weight is 455 g/mol. The summed E-state index contributed by atoms with van der Waals surface area (Å²) in [6.07, 6.45) is 8.53. The third kappa shape index (κ3) is 5.09. The van der Waals surface area contributed by atoms with Crippen molar-refractivity contribution in [3.8, 4) is 0 Å². The molecule has 2 amide bonds. The lowest BCUT2D eigenvalue weighted by molar-refractivity contribution is -0.140. The molecule has 0 radical (unpaired) electrons. The summed E-state index contributed by atoms with van der Waals surface area (Å²) < 4.78 is 0. The molecular formula is C26H38N4O3. The highest BCUT2D eigenvalue weighted by Gasteiger charge is 2.42.